The van der Waals surface area contributed by atoms with E-state index in [1.54, 1.807) is 6.92 Å². The Balaban J connectivity index is 3.18. The molecular formula is C15H17F3O. The standard InChI is InChI=1S/C15H17F3O/c1-5-6-10(2)11(3)13-8-7-12(15(16,17)18)9-14(13)19-4/h7-11H,1-4H3. The van der Waals surface area contributed by atoms with Crippen LogP contribution in [0.1, 0.15) is 37.8 Å². The molecule has 1 rings (SSSR count). The van der Waals surface area contributed by atoms with Gasteiger partial charge in [-0.1, -0.05) is 25.8 Å². The Hall–Kier alpha value is -1.63. The van der Waals surface area contributed by atoms with Gasteiger partial charge in [0.05, 0.1) is 12.7 Å². The Morgan fingerprint density at radius 1 is 1.21 bits per heavy atom. The normalized spacial score (nSPS) is 14.3. The number of ether oxygens (including phenoxy) is 1. The van der Waals surface area contributed by atoms with E-state index >= 15 is 0 Å². The first-order valence-corrected chi connectivity index (χ1v) is 5.98. The van der Waals surface area contributed by atoms with Crippen LogP contribution in [0.15, 0.2) is 18.2 Å². The second-order valence-electron chi connectivity index (χ2n) is 4.43. The van der Waals surface area contributed by atoms with Crippen LogP contribution in [0.3, 0.4) is 0 Å². The molecular weight excluding hydrogens is 253 g/mol. The summed E-state index contributed by atoms with van der Waals surface area (Å²) in [4.78, 5) is 0. The first kappa shape index (κ1) is 15.4. The third kappa shape index (κ3) is 3.66. The largest absolute Gasteiger partial charge is 0.496 e. The molecule has 0 saturated carbocycles. The van der Waals surface area contributed by atoms with Gasteiger partial charge in [-0.15, -0.1) is 5.92 Å². The molecule has 104 valence electrons. The van der Waals surface area contributed by atoms with Crippen LogP contribution in [0.4, 0.5) is 13.2 Å². The molecule has 0 saturated heterocycles. The Morgan fingerprint density at radius 3 is 2.32 bits per heavy atom. The molecule has 1 aromatic rings. The lowest BCUT2D eigenvalue weighted by Gasteiger charge is -2.19. The highest BCUT2D eigenvalue weighted by Gasteiger charge is 2.31. The highest BCUT2D eigenvalue weighted by atomic mass is 19.4. The average Bonchev–Trinajstić information content (AvgIpc) is 2.36. The molecule has 19 heavy (non-hydrogen) atoms. The van der Waals surface area contributed by atoms with E-state index in [0.717, 1.165) is 17.7 Å². The molecule has 1 aromatic carbocycles. The van der Waals surface area contributed by atoms with Crippen LogP contribution in [-0.4, -0.2) is 7.11 Å². The predicted octanol–water partition coefficient (Wildman–Crippen LogP) is 4.48. The smallest absolute Gasteiger partial charge is 0.416 e. The molecule has 0 bridgehead atoms. The van der Waals surface area contributed by atoms with Gasteiger partial charge in [0.1, 0.15) is 5.75 Å². The summed E-state index contributed by atoms with van der Waals surface area (Å²) in [7, 11) is 1.38. The van der Waals surface area contributed by atoms with Crippen molar-refractivity contribution in [1.29, 1.82) is 0 Å². The Bertz CT molecular complexity index is 494. The van der Waals surface area contributed by atoms with Crippen molar-refractivity contribution in [2.75, 3.05) is 7.11 Å². The van der Waals surface area contributed by atoms with Crippen molar-refractivity contribution in [3.63, 3.8) is 0 Å². The van der Waals surface area contributed by atoms with Crippen LogP contribution < -0.4 is 4.74 Å². The van der Waals surface area contributed by atoms with Gasteiger partial charge in [-0.2, -0.15) is 13.2 Å². The molecule has 0 fully saturated rings. The van der Waals surface area contributed by atoms with Crippen molar-refractivity contribution < 1.29 is 17.9 Å². The van der Waals surface area contributed by atoms with Crippen molar-refractivity contribution in [2.45, 2.75) is 32.9 Å². The van der Waals surface area contributed by atoms with E-state index in [9.17, 15) is 13.2 Å². The third-order valence-electron chi connectivity index (χ3n) is 3.17. The van der Waals surface area contributed by atoms with Crippen molar-refractivity contribution >= 4 is 0 Å². The van der Waals surface area contributed by atoms with E-state index in [-0.39, 0.29) is 17.6 Å². The van der Waals surface area contributed by atoms with Gasteiger partial charge in [0.2, 0.25) is 0 Å². The summed E-state index contributed by atoms with van der Waals surface area (Å²) in [5.74, 6) is 6.14. The van der Waals surface area contributed by atoms with Gasteiger partial charge in [0.15, 0.2) is 0 Å². The molecule has 4 heteroatoms. The zero-order valence-corrected chi connectivity index (χ0v) is 11.4. The zero-order valence-electron chi connectivity index (χ0n) is 11.4. The number of alkyl halides is 3. The van der Waals surface area contributed by atoms with E-state index in [1.165, 1.54) is 13.2 Å². The zero-order chi connectivity index (χ0) is 14.6. The maximum absolute atomic E-state index is 12.6. The fourth-order valence-electron chi connectivity index (χ4n) is 1.89. The molecule has 0 aliphatic heterocycles. The first-order valence-electron chi connectivity index (χ1n) is 5.98. The lowest BCUT2D eigenvalue weighted by Crippen LogP contribution is -2.09. The molecule has 1 nitrogen and oxygen atoms in total. The van der Waals surface area contributed by atoms with E-state index in [0.29, 0.717) is 0 Å². The number of hydrogen-bond acceptors (Lipinski definition) is 1. The monoisotopic (exact) mass is 270 g/mol. The lowest BCUT2D eigenvalue weighted by atomic mass is 9.88. The molecule has 0 radical (unpaired) electrons. The summed E-state index contributed by atoms with van der Waals surface area (Å²) >= 11 is 0. The van der Waals surface area contributed by atoms with Crippen molar-refractivity contribution in [3.8, 4) is 17.6 Å². The van der Waals surface area contributed by atoms with E-state index in [1.807, 2.05) is 13.8 Å². The maximum Gasteiger partial charge on any atom is 0.416 e. The molecule has 0 aliphatic rings. The van der Waals surface area contributed by atoms with Crippen LogP contribution in [0.25, 0.3) is 0 Å². The molecule has 2 unspecified atom stereocenters. The van der Waals surface area contributed by atoms with Gasteiger partial charge >= 0.3 is 6.18 Å². The summed E-state index contributed by atoms with van der Waals surface area (Å²) in [6.45, 7) is 5.62. The van der Waals surface area contributed by atoms with Crippen LogP contribution in [-0.2, 0) is 6.18 Å². The Kier molecular flexibility index (Phi) is 4.88. The second kappa shape index (κ2) is 6.01. The van der Waals surface area contributed by atoms with Crippen LogP contribution in [0.5, 0.6) is 5.75 Å². The maximum atomic E-state index is 12.6. The number of rotatable bonds is 3. The van der Waals surface area contributed by atoms with Gasteiger partial charge in [0.25, 0.3) is 0 Å². The number of halogens is 3. The molecule has 2 atom stereocenters. The van der Waals surface area contributed by atoms with Crippen LogP contribution in [0.2, 0.25) is 0 Å². The molecule has 0 aliphatic carbocycles. The minimum Gasteiger partial charge on any atom is -0.496 e. The molecule has 0 N–H and O–H groups in total. The highest BCUT2D eigenvalue weighted by Crippen LogP contribution is 2.37. The summed E-state index contributed by atoms with van der Waals surface area (Å²) in [5, 5.41) is 0. The fraction of sp³-hybridized carbons (Fsp3) is 0.467. The molecule has 0 spiro atoms. The predicted molar refractivity (Wildman–Crippen MR) is 69.0 cm³/mol. The quantitative estimate of drug-likeness (QED) is 0.736. The topological polar surface area (TPSA) is 9.23 Å². The second-order valence-corrected chi connectivity index (χ2v) is 4.43. The minimum absolute atomic E-state index is 0.00434. The van der Waals surface area contributed by atoms with E-state index < -0.39 is 11.7 Å². The lowest BCUT2D eigenvalue weighted by molar-refractivity contribution is -0.137. The molecule has 0 aromatic heterocycles. The summed E-state index contributed by atoms with van der Waals surface area (Å²) < 4.78 is 43.0. The first-order chi connectivity index (χ1) is 8.81. The highest BCUT2D eigenvalue weighted by molar-refractivity contribution is 5.41. The van der Waals surface area contributed by atoms with E-state index in [2.05, 4.69) is 11.8 Å². The SMILES string of the molecule is CC#CC(C)C(C)c1ccc(C(F)(F)F)cc1OC. The minimum atomic E-state index is -4.36. The van der Waals surface area contributed by atoms with Crippen LogP contribution in [0, 0.1) is 17.8 Å². The Morgan fingerprint density at radius 2 is 1.84 bits per heavy atom. The van der Waals surface area contributed by atoms with Crippen molar-refractivity contribution in [1.82, 2.24) is 0 Å². The third-order valence-corrected chi connectivity index (χ3v) is 3.17. The van der Waals surface area contributed by atoms with Gasteiger partial charge < -0.3 is 4.74 Å². The number of benzene rings is 1. The number of methoxy groups -OCH3 is 1. The van der Waals surface area contributed by atoms with Gasteiger partial charge in [-0.05, 0) is 30.5 Å². The molecule has 0 heterocycles. The summed E-state index contributed by atoms with van der Waals surface area (Å²) in [6, 6.07) is 3.60. The summed E-state index contributed by atoms with van der Waals surface area (Å²) in [5.41, 5.74) is 0.0419. The van der Waals surface area contributed by atoms with E-state index in [4.69, 9.17) is 4.74 Å². The summed E-state index contributed by atoms with van der Waals surface area (Å²) in [6.07, 6.45) is -4.36. The van der Waals surface area contributed by atoms with Crippen LogP contribution >= 0.6 is 0 Å². The fourth-order valence-corrected chi connectivity index (χ4v) is 1.89. The van der Waals surface area contributed by atoms with Crippen molar-refractivity contribution in [2.24, 2.45) is 5.92 Å². The van der Waals surface area contributed by atoms with Gasteiger partial charge in [-0.3, -0.25) is 0 Å². The average molecular weight is 270 g/mol. The Labute approximate surface area is 111 Å². The van der Waals surface area contributed by atoms with Gasteiger partial charge in [0, 0.05) is 5.92 Å². The molecule has 0 amide bonds. The number of hydrogen-bond donors (Lipinski definition) is 0. The van der Waals surface area contributed by atoms with Gasteiger partial charge in [-0.25, -0.2) is 0 Å². The van der Waals surface area contributed by atoms with Crippen molar-refractivity contribution in [3.05, 3.63) is 29.3 Å².